The molecule has 1 rings (SSSR count). The number of carbonyl (C=O) groups excluding carboxylic acids is 2. The van der Waals surface area contributed by atoms with Crippen molar-refractivity contribution in [3.05, 3.63) is 41.5 Å². The molecule has 0 aliphatic rings. The third-order valence-electron chi connectivity index (χ3n) is 5.07. The summed E-state index contributed by atoms with van der Waals surface area (Å²) >= 11 is 0. The van der Waals surface area contributed by atoms with Gasteiger partial charge in [-0.05, 0) is 71.1 Å². The van der Waals surface area contributed by atoms with E-state index in [4.69, 9.17) is 19.2 Å². The van der Waals surface area contributed by atoms with Crippen molar-refractivity contribution in [3.63, 3.8) is 0 Å². The van der Waals surface area contributed by atoms with Crippen LogP contribution in [0, 0.1) is 0 Å². The summed E-state index contributed by atoms with van der Waals surface area (Å²) in [7, 11) is 1.63. The summed E-state index contributed by atoms with van der Waals surface area (Å²) in [5.41, 5.74) is 1.30. The molecule has 0 unspecified atom stereocenters. The smallest absolute Gasteiger partial charge is 0.305 e. The zero-order valence-corrected chi connectivity index (χ0v) is 20.4. The zero-order chi connectivity index (χ0) is 23.8. The van der Waals surface area contributed by atoms with Gasteiger partial charge in [0.05, 0.1) is 20.3 Å². The van der Waals surface area contributed by atoms with Crippen molar-refractivity contribution in [1.82, 2.24) is 0 Å². The number of hydrogen-bond donors (Lipinski definition) is 0. The van der Waals surface area contributed by atoms with Gasteiger partial charge in [0.2, 0.25) is 0 Å². The minimum atomic E-state index is -0.642. The van der Waals surface area contributed by atoms with Gasteiger partial charge in [-0.15, -0.1) is 0 Å². The van der Waals surface area contributed by atoms with Gasteiger partial charge in [-0.3, -0.25) is 9.59 Å². The molecule has 0 fully saturated rings. The van der Waals surface area contributed by atoms with Crippen LogP contribution in [0.1, 0.15) is 83.8 Å². The number of carbonyl (C=O) groups is 2. The van der Waals surface area contributed by atoms with Gasteiger partial charge in [0.15, 0.2) is 5.78 Å². The predicted octanol–water partition coefficient (Wildman–Crippen LogP) is 5.86. The normalized spacial score (nSPS) is 11.7. The van der Waals surface area contributed by atoms with Crippen LogP contribution in [0.25, 0.3) is 0 Å². The number of ketones is 1. The molecule has 0 N–H and O–H groups in total. The van der Waals surface area contributed by atoms with Crippen LogP contribution in [0.5, 0.6) is 5.75 Å². The van der Waals surface area contributed by atoms with Crippen LogP contribution >= 0.6 is 0 Å². The number of unbranched alkanes of at least 4 members (excludes halogenated alkanes) is 4. The highest BCUT2D eigenvalue weighted by Gasteiger charge is 2.27. The molecule has 0 aliphatic carbocycles. The lowest BCUT2D eigenvalue weighted by molar-refractivity contribution is -0.355. The Balaban J connectivity index is 2.37. The topological polar surface area (TPSA) is 71.1 Å². The molecule has 0 saturated carbocycles. The first-order valence-electron chi connectivity index (χ1n) is 11.7. The van der Waals surface area contributed by atoms with E-state index < -0.39 is 5.60 Å². The van der Waals surface area contributed by atoms with Gasteiger partial charge in [-0.1, -0.05) is 31.1 Å². The summed E-state index contributed by atoms with van der Waals surface area (Å²) in [6, 6.07) is 5.93. The monoisotopic (exact) mass is 448 g/mol. The minimum absolute atomic E-state index is 0.118. The van der Waals surface area contributed by atoms with Crippen molar-refractivity contribution in [2.75, 3.05) is 20.3 Å². The highest BCUT2D eigenvalue weighted by molar-refractivity contribution is 5.89. The van der Waals surface area contributed by atoms with E-state index in [1.165, 1.54) is 0 Å². The van der Waals surface area contributed by atoms with Crippen molar-refractivity contribution in [2.45, 2.75) is 84.7 Å². The van der Waals surface area contributed by atoms with E-state index in [0.717, 1.165) is 49.0 Å². The summed E-state index contributed by atoms with van der Waals surface area (Å²) in [6.45, 7) is 8.45. The first-order valence-corrected chi connectivity index (χ1v) is 11.7. The van der Waals surface area contributed by atoms with Crippen molar-refractivity contribution in [2.24, 2.45) is 0 Å². The van der Waals surface area contributed by atoms with Crippen LogP contribution in [-0.2, 0) is 36.1 Å². The Kier molecular flexibility index (Phi) is 13.6. The lowest BCUT2D eigenvalue weighted by Gasteiger charge is -2.26. The fourth-order valence-corrected chi connectivity index (χ4v) is 3.32. The van der Waals surface area contributed by atoms with E-state index in [2.05, 4.69) is 0 Å². The molecular weight excluding hydrogens is 408 g/mol. The van der Waals surface area contributed by atoms with Crippen LogP contribution in [0.4, 0.5) is 0 Å². The molecule has 180 valence electrons. The average Bonchev–Trinajstić information content (AvgIpc) is 2.78. The molecule has 0 amide bonds. The van der Waals surface area contributed by atoms with Crippen molar-refractivity contribution < 1.29 is 28.8 Å². The Morgan fingerprint density at radius 3 is 2.44 bits per heavy atom. The Bertz CT molecular complexity index is 723. The maximum Gasteiger partial charge on any atom is 0.305 e. The quantitative estimate of drug-likeness (QED) is 0.0977. The molecule has 0 aliphatic heterocycles. The van der Waals surface area contributed by atoms with Crippen LogP contribution in [-0.4, -0.2) is 32.1 Å². The minimum Gasteiger partial charge on any atom is -0.496 e. The molecule has 0 saturated heterocycles. The predicted molar refractivity (Wildman–Crippen MR) is 126 cm³/mol. The molecule has 0 atom stereocenters. The molecule has 1 aromatic rings. The average molecular weight is 449 g/mol. The molecule has 0 heterocycles. The molecule has 0 radical (unpaired) electrons. The number of hydrogen-bond acceptors (Lipinski definition) is 6. The van der Waals surface area contributed by atoms with Crippen LogP contribution in [0.15, 0.2) is 30.4 Å². The Labute approximate surface area is 193 Å². The van der Waals surface area contributed by atoms with Crippen LogP contribution in [0.2, 0.25) is 0 Å². The second kappa shape index (κ2) is 15.6. The Morgan fingerprint density at radius 2 is 1.75 bits per heavy atom. The largest absolute Gasteiger partial charge is 0.496 e. The molecule has 0 spiro atoms. The number of methoxy groups -OCH3 is 1. The number of benzene rings is 1. The van der Waals surface area contributed by atoms with Crippen LogP contribution in [0.3, 0.4) is 0 Å². The highest BCUT2D eigenvalue weighted by Crippen LogP contribution is 2.33. The number of ether oxygens (including phenoxy) is 2. The number of rotatable bonds is 17. The standard InChI is InChI=1S/C26H40O6/c1-6-30-25(28)15-13-11-9-8-10-12-14-22(27)18-16-21-17-19-23(24(20-21)29-5)26(3,4)32-31-7-2/h12,14,17,19-20H,6-11,13,15-16,18H2,1-5H3/b14-12+. The second-order valence-electron chi connectivity index (χ2n) is 8.16. The van der Waals surface area contributed by atoms with Gasteiger partial charge < -0.3 is 9.47 Å². The Hall–Kier alpha value is -2.18. The lowest BCUT2D eigenvalue weighted by Crippen LogP contribution is -2.23. The summed E-state index contributed by atoms with van der Waals surface area (Å²) in [5, 5.41) is 0. The van der Waals surface area contributed by atoms with Gasteiger partial charge in [0.1, 0.15) is 11.4 Å². The van der Waals surface area contributed by atoms with E-state index in [9.17, 15) is 9.59 Å². The van der Waals surface area contributed by atoms with Gasteiger partial charge in [0, 0.05) is 18.4 Å². The maximum absolute atomic E-state index is 12.2. The summed E-state index contributed by atoms with van der Waals surface area (Å²) < 4.78 is 10.5. The molecule has 32 heavy (non-hydrogen) atoms. The second-order valence-corrected chi connectivity index (χ2v) is 8.16. The van der Waals surface area contributed by atoms with E-state index in [1.54, 1.807) is 13.2 Å². The molecule has 1 aromatic carbocycles. The van der Waals surface area contributed by atoms with Gasteiger partial charge in [-0.25, -0.2) is 9.78 Å². The van der Waals surface area contributed by atoms with E-state index in [0.29, 0.717) is 32.5 Å². The fourth-order valence-electron chi connectivity index (χ4n) is 3.32. The molecule has 0 aromatic heterocycles. The van der Waals surface area contributed by atoms with Gasteiger partial charge >= 0.3 is 5.97 Å². The van der Waals surface area contributed by atoms with Crippen LogP contribution < -0.4 is 4.74 Å². The third kappa shape index (κ3) is 10.9. The van der Waals surface area contributed by atoms with E-state index in [1.807, 2.05) is 52.0 Å². The third-order valence-corrected chi connectivity index (χ3v) is 5.07. The van der Waals surface area contributed by atoms with E-state index >= 15 is 0 Å². The molecule has 0 bridgehead atoms. The highest BCUT2D eigenvalue weighted by atomic mass is 17.2. The number of allylic oxidation sites excluding steroid dienone is 2. The first kappa shape index (κ1) is 27.9. The first-order chi connectivity index (χ1) is 15.3. The zero-order valence-electron chi connectivity index (χ0n) is 20.4. The summed E-state index contributed by atoms with van der Waals surface area (Å²) in [4.78, 5) is 34.1. The van der Waals surface area contributed by atoms with Gasteiger partial charge in [0.25, 0.3) is 0 Å². The fraction of sp³-hybridized carbons (Fsp3) is 0.615. The lowest BCUT2D eigenvalue weighted by atomic mass is 9.94. The number of esters is 1. The van der Waals surface area contributed by atoms with E-state index in [-0.39, 0.29) is 11.8 Å². The Morgan fingerprint density at radius 1 is 1.00 bits per heavy atom. The maximum atomic E-state index is 12.2. The number of aryl methyl sites for hydroxylation is 1. The van der Waals surface area contributed by atoms with Gasteiger partial charge in [-0.2, -0.15) is 0 Å². The SMILES string of the molecule is CCOOC(C)(C)c1ccc(CCC(=O)/C=C/CCCCCCC(=O)OCC)cc1OC. The molecule has 6 nitrogen and oxygen atoms in total. The summed E-state index contributed by atoms with van der Waals surface area (Å²) in [5.74, 6) is 0.723. The van der Waals surface area contributed by atoms with Crippen molar-refractivity contribution >= 4 is 11.8 Å². The van der Waals surface area contributed by atoms with Crippen molar-refractivity contribution in [3.8, 4) is 5.75 Å². The summed E-state index contributed by atoms with van der Waals surface area (Å²) in [6.07, 6.45) is 10.0. The van der Waals surface area contributed by atoms with Crippen molar-refractivity contribution in [1.29, 1.82) is 0 Å². The molecular formula is C26H40O6. The molecule has 6 heteroatoms.